The Morgan fingerprint density at radius 1 is 1.70 bits per heavy atom. The van der Waals surface area contributed by atoms with Crippen molar-refractivity contribution in [2.45, 2.75) is 0 Å². The molecule has 0 spiro atoms. The number of pyridine rings is 1. The van der Waals surface area contributed by atoms with E-state index in [1.54, 1.807) is 18.3 Å². The summed E-state index contributed by atoms with van der Waals surface area (Å²) in [5, 5.41) is 0.308. The fourth-order valence-corrected chi connectivity index (χ4v) is 1.85. The second kappa shape index (κ2) is 3.43. The Bertz CT molecular complexity index is 264. The predicted molar refractivity (Wildman–Crippen MR) is 39.3 cm³/mol. The van der Waals surface area contributed by atoms with Crippen LogP contribution >= 0.6 is 11.6 Å². The van der Waals surface area contributed by atoms with E-state index in [1.165, 1.54) is 0 Å². The summed E-state index contributed by atoms with van der Waals surface area (Å²) in [6, 6.07) is 3.39. The zero-order valence-corrected chi connectivity index (χ0v) is 9.61. The number of hydrogen-bond donors (Lipinski definition) is 0. The molecular weight excluding hydrogens is 345 g/mol. The third-order valence-corrected chi connectivity index (χ3v) is 2.35. The van der Waals surface area contributed by atoms with E-state index in [9.17, 15) is 4.79 Å². The van der Waals surface area contributed by atoms with Gasteiger partial charge in [0, 0.05) is 0 Å². The first kappa shape index (κ1) is 8.13. The van der Waals surface area contributed by atoms with Crippen LogP contribution < -0.4 is 0 Å². The molecule has 0 saturated carbocycles. The van der Waals surface area contributed by atoms with Crippen LogP contribution in [0.5, 0.6) is 0 Å². The monoisotopic (exact) mass is 348 g/mol. The Labute approximate surface area is 79.3 Å². The second-order valence-corrected chi connectivity index (χ2v) is 3.79. The van der Waals surface area contributed by atoms with Crippen molar-refractivity contribution < 1.29 is 4.79 Å². The van der Waals surface area contributed by atoms with Crippen LogP contribution in [0.25, 0.3) is 0 Å². The molecule has 0 aliphatic carbocycles. The first-order valence-corrected chi connectivity index (χ1v) is 4.90. The van der Waals surface area contributed by atoms with Gasteiger partial charge in [0.2, 0.25) is 0 Å². The summed E-state index contributed by atoms with van der Waals surface area (Å²) in [6.07, 6.45) is 1.57. The zero-order chi connectivity index (χ0) is 7.56. The van der Waals surface area contributed by atoms with Crippen molar-refractivity contribution >= 4 is 40.7 Å². The van der Waals surface area contributed by atoms with Crippen molar-refractivity contribution in [1.82, 2.24) is 4.98 Å². The Kier molecular flexibility index (Phi) is 2.79. The molecule has 0 fully saturated rings. The third-order valence-electron chi connectivity index (χ3n) is 1.00. The van der Waals surface area contributed by atoms with Crippen molar-refractivity contribution in [3.05, 3.63) is 29.0 Å². The molecule has 1 aromatic heterocycles. The first-order chi connectivity index (χ1) is 4.72. The summed E-state index contributed by atoms with van der Waals surface area (Å²) in [7, 11) is 0. The van der Waals surface area contributed by atoms with Gasteiger partial charge in [-0.25, -0.2) is 0 Å². The van der Waals surface area contributed by atoms with E-state index in [4.69, 9.17) is 11.6 Å². The number of carbonyl (C=O) groups is 1. The summed E-state index contributed by atoms with van der Waals surface area (Å²) in [6.45, 7) is 0. The summed E-state index contributed by atoms with van der Waals surface area (Å²) >= 11 is 6.10. The standard InChI is InChI=1S/C6H3ClNO.Pb/c7-6-5(4-9)2-1-3-8-6;/h1-3H;. The Hall–Kier alpha value is 0.0321. The van der Waals surface area contributed by atoms with Crippen LogP contribution in [-0.4, -0.2) is 34.1 Å². The van der Waals surface area contributed by atoms with Gasteiger partial charge in [-0.15, -0.1) is 0 Å². The molecule has 0 aromatic carbocycles. The number of rotatable bonds is 1. The Morgan fingerprint density at radius 3 is 2.80 bits per heavy atom. The fraction of sp³-hybridized carbons (Fsp3) is 0. The molecule has 0 aliphatic heterocycles. The van der Waals surface area contributed by atoms with Crippen LogP contribution in [0.2, 0.25) is 5.15 Å². The molecule has 0 N–H and O–H groups in total. The molecule has 1 heterocycles. The minimum absolute atomic E-state index is 0.0816. The third kappa shape index (κ3) is 1.76. The molecule has 49 valence electrons. The van der Waals surface area contributed by atoms with Gasteiger partial charge in [-0.3, -0.25) is 0 Å². The Balaban J connectivity index is 3.15. The molecule has 0 unspecified atom stereocenters. The number of hydrogen-bond acceptors (Lipinski definition) is 2. The zero-order valence-electron chi connectivity index (χ0n) is 4.97. The summed E-state index contributed by atoms with van der Waals surface area (Å²) in [4.78, 5) is 14.6. The van der Waals surface area contributed by atoms with E-state index in [1.807, 2.05) is 0 Å². The van der Waals surface area contributed by atoms with Gasteiger partial charge in [0.05, 0.1) is 0 Å². The van der Waals surface area contributed by atoms with Crippen molar-refractivity contribution in [2.24, 2.45) is 0 Å². The predicted octanol–water partition coefficient (Wildman–Crippen LogP) is 1.04. The van der Waals surface area contributed by atoms with E-state index in [0.29, 0.717) is 36.5 Å². The van der Waals surface area contributed by atoms with Crippen molar-refractivity contribution in [3.8, 4) is 0 Å². The van der Waals surface area contributed by atoms with Gasteiger partial charge < -0.3 is 0 Å². The number of aromatic nitrogens is 1. The van der Waals surface area contributed by atoms with Gasteiger partial charge >= 0.3 is 79.5 Å². The maximum absolute atomic E-state index is 10.8. The van der Waals surface area contributed by atoms with Gasteiger partial charge in [-0.2, -0.15) is 0 Å². The van der Waals surface area contributed by atoms with Crippen LogP contribution in [0.4, 0.5) is 0 Å². The van der Waals surface area contributed by atoms with Crippen LogP contribution in [0.1, 0.15) is 10.4 Å². The van der Waals surface area contributed by atoms with Crippen LogP contribution in [0.3, 0.4) is 0 Å². The molecule has 3 radical (unpaired) electrons. The fourth-order valence-electron chi connectivity index (χ4n) is 0.555. The molecule has 0 saturated heterocycles. The molecule has 0 amide bonds. The topological polar surface area (TPSA) is 30.0 Å². The number of halogens is 1. The van der Waals surface area contributed by atoms with E-state index in [0.717, 1.165) is 0 Å². The van der Waals surface area contributed by atoms with Gasteiger partial charge in [0.1, 0.15) is 0 Å². The second-order valence-electron chi connectivity index (χ2n) is 1.67. The normalized spacial score (nSPS) is 9.40. The number of nitrogens with zero attached hydrogens (tertiary/aromatic N) is 1. The van der Waals surface area contributed by atoms with Crippen molar-refractivity contribution in [2.75, 3.05) is 0 Å². The molecule has 10 heavy (non-hydrogen) atoms. The van der Waals surface area contributed by atoms with Gasteiger partial charge in [0.15, 0.2) is 0 Å². The van der Waals surface area contributed by atoms with Crippen LogP contribution in [0.15, 0.2) is 18.3 Å². The van der Waals surface area contributed by atoms with E-state index >= 15 is 0 Å². The van der Waals surface area contributed by atoms with Gasteiger partial charge in [-0.1, -0.05) is 0 Å². The van der Waals surface area contributed by atoms with E-state index in [2.05, 4.69) is 4.98 Å². The summed E-state index contributed by atoms with van der Waals surface area (Å²) in [5.41, 5.74) is 0.538. The molecule has 0 aliphatic rings. The van der Waals surface area contributed by atoms with Crippen molar-refractivity contribution in [3.63, 3.8) is 0 Å². The first-order valence-electron chi connectivity index (χ1n) is 2.58. The van der Waals surface area contributed by atoms with Gasteiger partial charge in [0.25, 0.3) is 0 Å². The van der Waals surface area contributed by atoms with E-state index in [-0.39, 0.29) is 3.34 Å². The molecule has 0 bridgehead atoms. The number of carbonyl (C=O) groups excluding carboxylic acids is 1. The van der Waals surface area contributed by atoms with Crippen LogP contribution in [-0.2, 0) is 0 Å². The average molecular weight is 348 g/mol. The van der Waals surface area contributed by atoms with Gasteiger partial charge in [-0.05, 0) is 0 Å². The SMILES string of the molecule is O=[C]([Pb])c1cccnc1Cl. The average Bonchev–Trinajstić information content (AvgIpc) is 1.88. The van der Waals surface area contributed by atoms with E-state index < -0.39 is 0 Å². The molecule has 2 nitrogen and oxygen atoms in total. The molecule has 0 atom stereocenters. The quantitative estimate of drug-likeness (QED) is 0.561. The maximum atomic E-state index is 10.8. The molecule has 1 aromatic rings. The molecule has 4 heteroatoms. The summed E-state index contributed by atoms with van der Waals surface area (Å²) in [5.74, 6) is 0. The molecule has 1 rings (SSSR count). The summed E-state index contributed by atoms with van der Waals surface area (Å²) < 4.78 is 0.0816. The van der Waals surface area contributed by atoms with Crippen molar-refractivity contribution in [1.29, 1.82) is 0 Å². The molecular formula is C6H3ClNOPb. The minimum atomic E-state index is 0.0816. The van der Waals surface area contributed by atoms with Crippen LogP contribution in [0, 0.1) is 0 Å². The Morgan fingerprint density at radius 2 is 2.40 bits per heavy atom.